The van der Waals surface area contributed by atoms with Crippen molar-refractivity contribution >= 4 is 57.0 Å². The van der Waals surface area contributed by atoms with Crippen molar-refractivity contribution in [2.45, 2.75) is 24.2 Å². The summed E-state index contributed by atoms with van der Waals surface area (Å²) in [5.74, 6) is -0.566. The fourth-order valence-electron chi connectivity index (χ4n) is 3.15. The van der Waals surface area contributed by atoms with Gasteiger partial charge in [0.2, 0.25) is 11.8 Å². The highest BCUT2D eigenvalue weighted by Crippen LogP contribution is 2.36. The molecule has 1 atom stereocenters. The van der Waals surface area contributed by atoms with Crippen molar-refractivity contribution in [2.75, 3.05) is 17.3 Å². The highest BCUT2D eigenvalue weighted by atomic mass is 79.9. The van der Waals surface area contributed by atoms with E-state index >= 15 is 0 Å². The minimum absolute atomic E-state index is 0.0917. The van der Waals surface area contributed by atoms with E-state index in [0.717, 1.165) is 26.2 Å². The largest absolute Gasteiger partial charge is 0.325 e. The van der Waals surface area contributed by atoms with Crippen molar-refractivity contribution in [3.63, 3.8) is 0 Å². The fourth-order valence-corrected chi connectivity index (χ4v) is 4.91. The lowest BCUT2D eigenvalue weighted by Crippen LogP contribution is -2.31. The summed E-state index contributed by atoms with van der Waals surface area (Å²) in [6.07, 6.45) is 2.22. The minimum Gasteiger partial charge on any atom is -0.325 e. The average Bonchev–Trinajstić information content (AvgIpc) is 2.74. The van der Waals surface area contributed by atoms with E-state index in [2.05, 4.69) is 32.6 Å². The number of thioether (sulfide) groups is 2. The highest BCUT2D eigenvalue weighted by Gasteiger charge is 2.29. The van der Waals surface area contributed by atoms with E-state index < -0.39 is 0 Å². The fraction of sp³-hybridized carbons (Fsp3) is 0.227. The van der Waals surface area contributed by atoms with Crippen LogP contribution in [0.5, 0.6) is 0 Å². The van der Waals surface area contributed by atoms with Crippen LogP contribution in [0.3, 0.4) is 0 Å². The number of halogens is 1. The van der Waals surface area contributed by atoms with Gasteiger partial charge in [-0.3, -0.25) is 9.59 Å². The van der Waals surface area contributed by atoms with E-state index in [1.54, 1.807) is 11.8 Å². The van der Waals surface area contributed by atoms with Gasteiger partial charge in [0, 0.05) is 27.4 Å². The van der Waals surface area contributed by atoms with Crippen LogP contribution < -0.4 is 10.6 Å². The molecule has 2 aromatic rings. The van der Waals surface area contributed by atoms with Crippen LogP contribution in [-0.2, 0) is 9.59 Å². The quantitative estimate of drug-likeness (QED) is 0.532. The predicted octanol–water partition coefficient (Wildman–Crippen LogP) is 5.19. The van der Waals surface area contributed by atoms with Crippen molar-refractivity contribution in [2.24, 2.45) is 0 Å². The molecule has 2 amide bonds. The monoisotopic (exact) mass is 501 g/mol. The molecule has 0 unspecified atom stereocenters. The van der Waals surface area contributed by atoms with E-state index in [1.807, 2.05) is 55.6 Å². The van der Waals surface area contributed by atoms with Crippen LogP contribution in [0.15, 0.2) is 62.4 Å². The molecule has 0 bridgehead atoms. The molecule has 2 aromatic carbocycles. The molecule has 3 rings (SSSR count). The number of rotatable bonds is 6. The molecule has 1 aliphatic heterocycles. The molecule has 30 heavy (non-hydrogen) atoms. The number of hydrogen-bond donors (Lipinski definition) is 2. The van der Waals surface area contributed by atoms with Crippen LogP contribution in [0.25, 0.3) is 0 Å². The minimum atomic E-state index is -0.307. The Labute approximate surface area is 192 Å². The average molecular weight is 502 g/mol. The van der Waals surface area contributed by atoms with Gasteiger partial charge in [0.05, 0.1) is 22.4 Å². The molecule has 0 spiro atoms. The SMILES string of the molecule is CSc1ccc([C@@H]2CC(=O)NC(SCC(=O)Nc3ccc(Br)cc3C)=C2C#N)cc1. The van der Waals surface area contributed by atoms with Gasteiger partial charge in [-0.1, -0.05) is 39.8 Å². The van der Waals surface area contributed by atoms with E-state index in [4.69, 9.17) is 0 Å². The number of allylic oxidation sites excluding steroid dienone is 1. The second kappa shape index (κ2) is 10.2. The lowest BCUT2D eigenvalue weighted by molar-refractivity contribution is -0.121. The lowest BCUT2D eigenvalue weighted by atomic mass is 9.87. The van der Waals surface area contributed by atoms with Crippen molar-refractivity contribution < 1.29 is 9.59 Å². The van der Waals surface area contributed by atoms with E-state index in [-0.39, 0.29) is 29.9 Å². The van der Waals surface area contributed by atoms with Crippen LogP contribution in [0.4, 0.5) is 5.69 Å². The van der Waals surface area contributed by atoms with Crippen molar-refractivity contribution in [3.8, 4) is 6.07 Å². The number of hydrogen-bond acceptors (Lipinski definition) is 5. The van der Waals surface area contributed by atoms with Gasteiger partial charge >= 0.3 is 0 Å². The first kappa shape index (κ1) is 22.5. The van der Waals surface area contributed by atoms with Gasteiger partial charge in [-0.15, -0.1) is 11.8 Å². The van der Waals surface area contributed by atoms with Gasteiger partial charge in [-0.25, -0.2) is 0 Å². The van der Waals surface area contributed by atoms with Crippen LogP contribution in [-0.4, -0.2) is 23.8 Å². The Bertz CT molecular complexity index is 1050. The highest BCUT2D eigenvalue weighted by molar-refractivity contribution is 9.10. The van der Waals surface area contributed by atoms with Gasteiger partial charge < -0.3 is 10.6 Å². The number of nitrogens with one attached hydrogen (secondary N) is 2. The smallest absolute Gasteiger partial charge is 0.234 e. The molecule has 1 aliphatic rings. The molecule has 5 nitrogen and oxygen atoms in total. The molecule has 0 saturated heterocycles. The molecule has 0 saturated carbocycles. The zero-order chi connectivity index (χ0) is 21.7. The topological polar surface area (TPSA) is 82.0 Å². The third-order valence-electron chi connectivity index (χ3n) is 4.68. The number of benzene rings is 2. The van der Waals surface area contributed by atoms with Gasteiger partial charge in [0.25, 0.3) is 0 Å². The maximum atomic E-state index is 12.4. The zero-order valence-corrected chi connectivity index (χ0v) is 19.7. The first-order valence-corrected chi connectivity index (χ1v) is 12.2. The van der Waals surface area contributed by atoms with Crippen molar-refractivity contribution in [1.29, 1.82) is 5.26 Å². The predicted molar refractivity (Wildman–Crippen MR) is 126 cm³/mol. The lowest BCUT2D eigenvalue weighted by Gasteiger charge is -2.25. The van der Waals surface area contributed by atoms with Gasteiger partial charge in [0.15, 0.2) is 0 Å². The first-order chi connectivity index (χ1) is 14.4. The Balaban J connectivity index is 1.75. The van der Waals surface area contributed by atoms with E-state index in [9.17, 15) is 14.9 Å². The normalized spacial score (nSPS) is 16.1. The molecule has 2 N–H and O–H groups in total. The van der Waals surface area contributed by atoms with Crippen molar-refractivity contribution in [3.05, 3.63) is 68.7 Å². The third-order valence-corrected chi connectivity index (χ3v) is 6.94. The molecular weight excluding hydrogens is 482 g/mol. The van der Waals surface area contributed by atoms with Crippen molar-refractivity contribution in [1.82, 2.24) is 5.32 Å². The molecule has 154 valence electrons. The molecular formula is C22H20BrN3O2S2. The van der Waals surface area contributed by atoms with E-state index in [1.165, 1.54) is 11.8 Å². The number of amides is 2. The number of anilines is 1. The first-order valence-electron chi connectivity index (χ1n) is 9.18. The van der Waals surface area contributed by atoms with Gasteiger partial charge in [-0.05, 0) is 54.6 Å². The van der Waals surface area contributed by atoms with E-state index in [0.29, 0.717) is 10.6 Å². The second-order valence-electron chi connectivity index (χ2n) is 6.73. The zero-order valence-electron chi connectivity index (χ0n) is 16.5. The summed E-state index contributed by atoms with van der Waals surface area (Å²) in [5.41, 5.74) is 3.09. The van der Waals surface area contributed by atoms with Crippen LogP contribution >= 0.6 is 39.5 Å². The molecule has 0 aliphatic carbocycles. The maximum absolute atomic E-state index is 12.4. The molecule has 8 heteroatoms. The number of carbonyl (C=O) groups is 2. The molecule has 0 radical (unpaired) electrons. The summed E-state index contributed by atoms with van der Waals surface area (Å²) < 4.78 is 0.942. The number of carbonyl (C=O) groups excluding carboxylic acids is 2. The number of nitrogens with zero attached hydrogens (tertiary/aromatic N) is 1. The van der Waals surface area contributed by atoms with Crippen LogP contribution in [0.2, 0.25) is 0 Å². The third kappa shape index (κ3) is 5.48. The summed E-state index contributed by atoms with van der Waals surface area (Å²) >= 11 is 6.22. The molecule has 0 aromatic heterocycles. The molecule has 0 fully saturated rings. The summed E-state index contributed by atoms with van der Waals surface area (Å²) in [7, 11) is 0. The summed E-state index contributed by atoms with van der Waals surface area (Å²) in [6, 6.07) is 15.7. The van der Waals surface area contributed by atoms with Crippen LogP contribution in [0, 0.1) is 18.3 Å². The van der Waals surface area contributed by atoms with Crippen LogP contribution in [0.1, 0.15) is 23.5 Å². The Kier molecular flexibility index (Phi) is 7.64. The standard InChI is InChI=1S/C22H20BrN3O2S2/c1-13-9-15(23)5-8-19(13)25-21(28)12-30-22-18(11-24)17(10-20(27)26-22)14-3-6-16(29-2)7-4-14/h3-9,17H,10,12H2,1-2H3,(H,25,28)(H,26,27)/t17-/m0/s1. The second-order valence-corrected chi connectivity index (χ2v) is 9.51. The van der Waals surface area contributed by atoms with Gasteiger partial charge in [0.1, 0.15) is 0 Å². The Morgan fingerprint density at radius 2 is 2.03 bits per heavy atom. The maximum Gasteiger partial charge on any atom is 0.234 e. The Morgan fingerprint density at radius 1 is 1.30 bits per heavy atom. The Hall–Kier alpha value is -2.21. The number of aryl methyl sites for hydroxylation is 1. The number of nitriles is 1. The summed E-state index contributed by atoms with van der Waals surface area (Å²) in [5, 5.41) is 15.9. The summed E-state index contributed by atoms with van der Waals surface area (Å²) in [4.78, 5) is 25.8. The van der Waals surface area contributed by atoms with Gasteiger partial charge in [-0.2, -0.15) is 5.26 Å². The summed E-state index contributed by atoms with van der Waals surface area (Å²) in [6.45, 7) is 1.91. The molecule has 1 heterocycles. The Morgan fingerprint density at radius 3 is 2.67 bits per heavy atom.